The molecule has 17 heavy (non-hydrogen) atoms. The molecule has 0 aromatic carbocycles. The summed E-state index contributed by atoms with van der Waals surface area (Å²) in [6.07, 6.45) is 2.09. The number of nitrogens with zero attached hydrogens (tertiary/aromatic N) is 2. The summed E-state index contributed by atoms with van der Waals surface area (Å²) in [6, 6.07) is 2.01. The van der Waals surface area contributed by atoms with Gasteiger partial charge >= 0.3 is 0 Å². The van der Waals surface area contributed by atoms with Crippen molar-refractivity contribution >= 4 is 34.8 Å². The van der Waals surface area contributed by atoms with Gasteiger partial charge in [-0.3, -0.25) is 0 Å². The van der Waals surface area contributed by atoms with Gasteiger partial charge in [0.25, 0.3) is 0 Å². The van der Waals surface area contributed by atoms with E-state index < -0.39 is 0 Å². The van der Waals surface area contributed by atoms with Gasteiger partial charge in [0.05, 0.1) is 5.56 Å². The predicted octanol–water partition coefficient (Wildman–Crippen LogP) is 2.13. The number of hydrogen-bond acceptors (Lipinski definition) is 4. The molecular weight excluding hydrogens is 250 g/mol. The van der Waals surface area contributed by atoms with Gasteiger partial charge in [0, 0.05) is 25.0 Å². The zero-order chi connectivity index (χ0) is 13.0. The molecule has 0 unspecified atom stereocenters. The van der Waals surface area contributed by atoms with E-state index in [0.717, 1.165) is 34.9 Å². The van der Waals surface area contributed by atoms with Gasteiger partial charge < -0.3 is 10.6 Å². The SMILES string of the molecule is CSCCN(C)c1nc(C)cc(C)c1C(N)=S. The van der Waals surface area contributed by atoms with Crippen molar-refractivity contribution in [3.8, 4) is 0 Å². The zero-order valence-corrected chi connectivity index (χ0v) is 12.4. The predicted molar refractivity (Wildman–Crippen MR) is 81.3 cm³/mol. The highest BCUT2D eigenvalue weighted by atomic mass is 32.2. The lowest BCUT2D eigenvalue weighted by Gasteiger charge is -2.22. The zero-order valence-electron chi connectivity index (χ0n) is 10.8. The first-order valence-corrected chi connectivity index (χ1v) is 7.25. The van der Waals surface area contributed by atoms with E-state index in [1.807, 2.05) is 38.7 Å². The van der Waals surface area contributed by atoms with Crippen LogP contribution in [0.15, 0.2) is 6.07 Å². The van der Waals surface area contributed by atoms with Crippen LogP contribution in [0.4, 0.5) is 5.82 Å². The summed E-state index contributed by atoms with van der Waals surface area (Å²) < 4.78 is 0. The van der Waals surface area contributed by atoms with Crippen molar-refractivity contribution in [2.24, 2.45) is 5.73 Å². The van der Waals surface area contributed by atoms with Crippen molar-refractivity contribution in [1.29, 1.82) is 0 Å². The first-order chi connectivity index (χ1) is 7.97. The number of nitrogens with two attached hydrogens (primary N) is 1. The highest BCUT2D eigenvalue weighted by Gasteiger charge is 2.14. The van der Waals surface area contributed by atoms with Crippen molar-refractivity contribution in [3.63, 3.8) is 0 Å². The molecule has 1 rings (SSSR count). The first kappa shape index (κ1) is 14.3. The third kappa shape index (κ3) is 3.57. The molecule has 0 fully saturated rings. The summed E-state index contributed by atoms with van der Waals surface area (Å²) >= 11 is 6.93. The van der Waals surface area contributed by atoms with E-state index in [-0.39, 0.29) is 0 Å². The van der Waals surface area contributed by atoms with E-state index in [9.17, 15) is 0 Å². The largest absolute Gasteiger partial charge is 0.389 e. The second kappa shape index (κ2) is 6.21. The average molecular weight is 269 g/mol. The van der Waals surface area contributed by atoms with Gasteiger partial charge in [-0.05, 0) is 31.7 Å². The fourth-order valence-corrected chi connectivity index (χ4v) is 2.44. The smallest absolute Gasteiger partial charge is 0.139 e. The number of thiocarbonyl (C=S) groups is 1. The summed E-state index contributed by atoms with van der Waals surface area (Å²) in [7, 11) is 2.03. The molecule has 0 bridgehead atoms. The molecule has 2 N–H and O–H groups in total. The Morgan fingerprint density at radius 2 is 2.18 bits per heavy atom. The minimum atomic E-state index is 0.418. The van der Waals surface area contributed by atoms with Crippen molar-refractivity contribution in [1.82, 2.24) is 4.98 Å². The van der Waals surface area contributed by atoms with E-state index in [4.69, 9.17) is 18.0 Å². The van der Waals surface area contributed by atoms with Crippen LogP contribution in [-0.4, -0.2) is 35.6 Å². The summed E-state index contributed by atoms with van der Waals surface area (Å²) in [5, 5.41) is 0. The number of aryl methyl sites for hydroxylation is 2. The molecule has 0 saturated heterocycles. The summed E-state index contributed by atoms with van der Waals surface area (Å²) in [6.45, 7) is 4.95. The normalized spacial score (nSPS) is 10.4. The Hall–Kier alpha value is -0.810. The van der Waals surface area contributed by atoms with Crippen LogP contribution in [0.25, 0.3) is 0 Å². The Balaban J connectivity index is 3.15. The second-order valence-corrected chi connectivity index (χ2v) is 5.48. The molecule has 0 atom stereocenters. The van der Waals surface area contributed by atoms with Gasteiger partial charge in [-0.1, -0.05) is 12.2 Å². The van der Waals surface area contributed by atoms with E-state index in [0.29, 0.717) is 4.99 Å². The summed E-state index contributed by atoms with van der Waals surface area (Å²) in [5.74, 6) is 1.95. The maximum atomic E-state index is 5.79. The molecule has 1 aromatic rings. The van der Waals surface area contributed by atoms with Crippen LogP contribution in [0, 0.1) is 13.8 Å². The van der Waals surface area contributed by atoms with Gasteiger partial charge in [0.15, 0.2) is 0 Å². The highest BCUT2D eigenvalue weighted by Crippen LogP contribution is 2.21. The van der Waals surface area contributed by atoms with Gasteiger partial charge in [-0.15, -0.1) is 0 Å². The second-order valence-electron chi connectivity index (χ2n) is 4.06. The van der Waals surface area contributed by atoms with Crippen LogP contribution in [0.2, 0.25) is 0 Å². The number of anilines is 1. The van der Waals surface area contributed by atoms with Crippen LogP contribution in [0.3, 0.4) is 0 Å². The van der Waals surface area contributed by atoms with Crippen LogP contribution in [0.5, 0.6) is 0 Å². The minimum absolute atomic E-state index is 0.418. The Morgan fingerprint density at radius 3 is 2.71 bits per heavy atom. The monoisotopic (exact) mass is 269 g/mol. The van der Waals surface area contributed by atoms with E-state index in [1.165, 1.54) is 0 Å². The fraction of sp³-hybridized carbons (Fsp3) is 0.500. The van der Waals surface area contributed by atoms with E-state index in [1.54, 1.807) is 0 Å². The third-order valence-electron chi connectivity index (χ3n) is 2.56. The van der Waals surface area contributed by atoms with Gasteiger partial charge in [0.2, 0.25) is 0 Å². The average Bonchev–Trinajstić information content (AvgIpc) is 2.23. The van der Waals surface area contributed by atoms with Crippen LogP contribution in [-0.2, 0) is 0 Å². The highest BCUT2D eigenvalue weighted by molar-refractivity contribution is 7.98. The summed E-state index contributed by atoms with van der Waals surface area (Å²) in [4.78, 5) is 7.09. The molecule has 0 aliphatic rings. The Kier molecular flexibility index (Phi) is 5.21. The number of hydrogen-bond donors (Lipinski definition) is 1. The Morgan fingerprint density at radius 1 is 1.53 bits per heavy atom. The van der Waals surface area contributed by atoms with Crippen molar-refractivity contribution in [2.75, 3.05) is 30.5 Å². The maximum absolute atomic E-state index is 5.79. The number of rotatable bonds is 5. The molecule has 0 aliphatic heterocycles. The van der Waals surface area contributed by atoms with Crippen LogP contribution in [0.1, 0.15) is 16.8 Å². The van der Waals surface area contributed by atoms with E-state index >= 15 is 0 Å². The molecule has 0 aliphatic carbocycles. The third-order valence-corrected chi connectivity index (χ3v) is 3.36. The lowest BCUT2D eigenvalue weighted by atomic mass is 10.1. The van der Waals surface area contributed by atoms with Crippen LogP contribution < -0.4 is 10.6 Å². The summed E-state index contributed by atoms with van der Waals surface area (Å²) in [5.41, 5.74) is 8.78. The standard InChI is InChI=1S/C12H19N3S2/c1-8-7-9(2)14-12(10(8)11(13)16)15(3)5-6-17-4/h7H,5-6H2,1-4H3,(H2,13,16). The van der Waals surface area contributed by atoms with Crippen molar-refractivity contribution in [2.45, 2.75) is 13.8 Å². The van der Waals surface area contributed by atoms with Crippen molar-refractivity contribution < 1.29 is 0 Å². The molecule has 1 heterocycles. The quantitative estimate of drug-likeness (QED) is 0.830. The van der Waals surface area contributed by atoms with Gasteiger partial charge in [-0.25, -0.2) is 4.98 Å². The van der Waals surface area contributed by atoms with Gasteiger partial charge in [-0.2, -0.15) is 11.8 Å². The molecular formula is C12H19N3S2. The number of pyridine rings is 1. The number of aromatic nitrogens is 1. The van der Waals surface area contributed by atoms with E-state index in [2.05, 4.69) is 16.1 Å². The molecule has 1 aromatic heterocycles. The first-order valence-electron chi connectivity index (χ1n) is 5.45. The lowest BCUT2D eigenvalue weighted by molar-refractivity contribution is 0.933. The molecule has 94 valence electrons. The fourth-order valence-electron chi connectivity index (χ4n) is 1.73. The van der Waals surface area contributed by atoms with Crippen LogP contribution >= 0.6 is 24.0 Å². The molecule has 3 nitrogen and oxygen atoms in total. The molecule has 0 radical (unpaired) electrons. The molecule has 0 spiro atoms. The topological polar surface area (TPSA) is 42.2 Å². The lowest BCUT2D eigenvalue weighted by Crippen LogP contribution is -2.26. The van der Waals surface area contributed by atoms with Crippen molar-refractivity contribution in [3.05, 3.63) is 22.9 Å². The Bertz CT molecular complexity index is 418. The van der Waals surface area contributed by atoms with Gasteiger partial charge in [0.1, 0.15) is 10.8 Å². The Labute approximate surface area is 113 Å². The molecule has 0 saturated carbocycles. The minimum Gasteiger partial charge on any atom is -0.389 e. The maximum Gasteiger partial charge on any atom is 0.139 e. The molecule has 5 heteroatoms. The molecule has 0 amide bonds. The number of thioether (sulfide) groups is 1.